The molecule has 1 aromatic rings. The summed E-state index contributed by atoms with van der Waals surface area (Å²) in [5.74, 6) is 0.328. The number of pyridine rings is 1. The highest BCUT2D eigenvalue weighted by Crippen LogP contribution is 2.22. The van der Waals surface area contributed by atoms with E-state index < -0.39 is 0 Å². The molecule has 0 aromatic carbocycles. The van der Waals surface area contributed by atoms with Gasteiger partial charge in [-0.3, -0.25) is 0 Å². The zero-order valence-electron chi connectivity index (χ0n) is 8.62. The van der Waals surface area contributed by atoms with Crippen LogP contribution in [0.5, 0.6) is 5.88 Å². The van der Waals surface area contributed by atoms with Crippen LogP contribution in [-0.2, 0) is 0 Å². The highest BCUT2D eigenvalue weighted by Gasteiger charge is 2.08. The number of halogens is 1. The van der Waals surface area contributed by atoms with E-state index in [0.717, 1.165) is 0 Å². The van der Waals surface area contributed by atoms with Crippen LogP contribution in [0.15, 0.2) is 18.8 Å². The Morgan fingerprint density at radius 1 is 1.67 bits per heavy atom. The van der Waals surface area contributed by atoms with Crippen molar-refractivity contribution in [1.29, 1.82) is 5.26 Å². The van der Waals surface area contributed by atoms with Crippen LogP contribution < -0.4 is 4.74 Å². The molecule has 4 heteroatoms. The second-order valence-corrected chi connectivity index (χ2v) is 3.72. The molecular formula is C11H11ClN2O. The molecule has 0 saturated carbocycles. The summed E-state index contributed by atoms with van der Waals surface area (Å²) in [7, 11) is 0. The van der Waals surface area contributed by atoms with Gasteiger partial charge in [-0.15, -0.1) is 0 Å². The largest absolute Gasteiger partial charge is 0.474 e. The van der Waals surface area contributed by atoms with E-state index in [1.54, 1.807) is 6.07 Å². The zero-order valence-corrected chi connectivity index (χ0v) is 9.38. The average Bonchev–Trinajstić information content (AvgIpc) is 2.17. The van der Waals surface area contributed by atoms with Crippen LogP contribution in [0.3, 0.4) is 0 Å². The highest BCUT2D eigenvalue weighted by molar-refractivity contribution is 6.48. The van der Waals surface area contributed by atoms with Gasteiger partial charge in [0.2, 0.25) is 5.88 Å². The fourth-order valence-electron chi connectivity index (χ4n) is 0.998. The van der Waals surface area contributed by atoms with Crippen LogP contribution in [0.2, 0.25) is 0 Å². The Morgan fingerprint density at radius 2 is 2.33 bits per heavy atom. The lowest BCUT2D eigenvalue weighted by molar-refractivity contribution is 0.232. The lowest BCUT2D eigenvalue weighted by Crippen LogP contribution is -2.08. The molecule has 0 aliphatic heterocycles. The SMILES string of the molecule is C=C(Cl)c1cnc(OC(C)C)c(C#N)c1. The predicted octanol–water partition coefficient (Wildman–Crippen LogP) is 2.95. The lowest BCUT2D eigenvalue weighted by atomic mass is 10.2. The van der Waals surface area contributed by atoms with Gasteiger partial charge in [-0.1, -0.05) is 18.2 Å². The van der Waals surface area contributed by atoms with E-state index in [2.05, 4.69) is 11.6 Å². The van der Waals surface area contributed by atoms with Crippen molar-refractivity contribution in [2.24, 2.45) is 0 Å². The van der Waals surface area contributed by atoms with Gasteiger partial charge in [0.05, 0.1) is 6.10 Å². The summed E-state index contributed by atoms with van der Waals surface area (Å²) in [6, 6.07) is 3.62. The predicted molar refractivity (Wildman–Crippen MR) is 59.6 cm³/mol. The van der Waals surface area contributed by atoms with Crippen LogP contribution in [0, 0.1) is 11.3 Å². The highest BCUT2D eigenvalue weighted by atomic mass is 35.5. The fourth-order valence-corrected chi connectivity index (χ4v) is 1.10. The summed E-state index contributed by atoms with van der Waals surface area (Å²) in [6.07, 6.45) is 1.52. The fraction of sp³-hybridized carbons (Fsp3) is 0.273. The average molecular weight is 223 g/mol. The first-order valence-electron chi connectivity index (χ1n) is 4.46. The molecule has 0 aliphatic carbocycles. The molecule has 0 aliphatic rings. The summed E-state index contributed by atoms with van der Waals surface area (Å²) < 4.78 is 5.36. The minimum Gasteiger partial charge on any atom is -0.474 e. The second-order valence-electron chi connectivity index (χ2n) is 3.26. The van der Waals surface area contributed by atoms with Crippen molar-refractivity contribution in [2.75, 3.05) is 0 Å². The molecule has 0 amide bonds. The maximum Gasteiger partial charge on any atom is 0.231 e. The van der Waals surface area contributed by atoms with Crippen molar-refractivity contribution in [3.63, 3.8) is 0 Å². The Kier molecular flexibility index (Phi) is 3.70. The lowest BCUT2D eigenvalue weighted by Gasteiger charge is -2.10. The third-order valence-electron chi connectivity index (χ3n) is 1.63. The van der Waals surface area contributed by atoms with Crippen molar-refractivity contribution in [3.05, 3.63) is 30.0 Å². The van der Waals surface area contributed by atoms with Crippen LogP contribution >= 0.6 is 11.6 Å². The Morgan fingerprint density at radius 3 is 2.80 bits per heavy atom. The van der Waals surface area contributed by atoms with Gasteiger partial charge in [0, 0.05) is 16.8 Å². The minimum atomic E-state index is -0.0188. The Labute approximate surface area is 94.0 Å². The van der Waals surface area contributed by atoms with E-state index in [1.165, 1.54) is 6.20 Å². The normalized spacial score (nSPS) is 9.80. The molecular weight excluding hydrogens is 212 g/mol. The zero-order chi connectivity index (χ0) is 11.4. The topological polar surface area (TPSA) is 45.9 Å². The van der Waals surface area contributed by atoms with Gasteiger partial charge in [0.15, 0.2) is 0 Å². The second kappa shape index (κ2) is 4.81. The van der Waals surface area contributed by atoms with E-state index >= 15 is 0 Å². The molecule has 1 aromatic heterocycles. The molecule has 3 nitrogen and oxygen atoms in total. The molecule has 0 saturated heterocycles. The molecule has 0 unspecified atom stereocenters. The van der Waals surface area contributed by atoms with Gasteiger partial charge in [-0.25, -0.2) is 4.98 Å². The monoisotopic (exact) mass is 222 g/mol. The first kappa shape index (κ1) is 11.5. The van der Waals surface area contributed by atoms with Crippen molar-refractivity contribution in [1.82, 2.24) is 4.98 Å². The number of hydrogen-bond acceptors (Lipinski definition) is 3. The molecule has 0 fully saturated rings. The van der Waals surface area contributed by atoms with Crippen molar-refractivity contribution in [3.8, 4) is 11.9 Å². The molecule has 15 heavy (non-hydrogen) atoms. The summed E-state index contributed by atoms with van der Waals surface area (Å²) in [6.45, 7) is 7.31. The smallest absolute Gasteiger partial charge is 0.231 e. The van der Waals surface area contributed by atoms with Crippen molar-refractivity contribution in [2.45, 2.75) is 20.0 Å². The van der Waals surface area contributed by atoms with Gasteiger partial charge < -0.3 is 4.74 Å². The summed E-state index contributed by atoms with van der Waals surface area (Å²) in [5.41, 5.74) is 0.993. The van der Waals surface area contributed by atoms with E-state index in [1.807, 2.05) is 19.9 Å². The molecule has 0 bridgehead atoms. The third kappa shape index (κ3) is 2.97. The molecule has 0 N–H and O–H groups in total. The van der Waals surface area contributed by atoms with Crippen LogP contribution in [-0.4, -0.2) is 11.1 Å². The molecule has 78 valence electrons. The summed E-state index contributed by atoms with van der Waals surface area (Å²) in [4.78, 5) is 4.02. The third-order valence-corrected chi connectivity index (χ3v) is 1.85. The van der Waals surface area contributed by atoms with Gasteiger partial charge >= 0.3 is 0 Å². The number of nitrogens with zero attached hydrogens (tertiary/aromatic N) is 2. The molecule has 0 radical (unpaired) electrons. The molecule has 0 atom stereocenters. The molecule has 1 rings (SSSR count). The van der Waals surface area contributed by atoms with Crippen LogP contribution in [0.1, 0.15) is 25.0 Å². The van der Waals surface area contributed by atoms with E-state index in [-0.39, 0.29) is 6.10 Å². The van der Waals surface area contributed by atoms with E-state index in [4.69, 9.17) is 21.6 Å². The van der Waals surface area contributed by atoms with Crippen molar-refractivity contribution >= 4 is 16.6 Å². The molecule has 1 heterocycles. The number of rotatable bonds is 3. The maximum absolute atomic E-state index is 8.89. The number of nitriles is 1. The maximum atomic E-state index is 8.89. The standard InChI is InChI=1S/C11H11ClN2O/c1-7(2)15-11-9(5-13)4-10(6-14-11)8(3)12/h4,6-7H,3H2,1-2H3. The Bertz CT molecular complexity index is 421. The molecule has 0 spiro atoms. The van der Waals surface area contributed by atoms with E-state index in [0.29, 0.717) is 22.0 Å². The van der Waals surface area contributed by atoms with Crippen LogP contribution in [0.25, 0.3) is 5.03 Å². The Hall–Kier alpha value is -1.53. The van der Waals surface area contributed by atoms with Gasteiger partial charge in [-0.2, -0.15) is 5.26 Å². The van der Waals surface area contributed by atoms with Crippen molar-refractivity contribution < 1.29 is 4.74 Å². The summed E-state index contributed by atoms with van der Waals surface area (Å²) in [5, 5.41) is 9.25. The minimum absolute atomic E-state index is 0.0188. The number of aromatic nitrogens is 1. The van der Waals surface area contributed by atoms with E-state index in [9.17, 15) is 0 Å². The van der Waals surface area contributed by atoms with Crippen LogP contribution in [0.4, 0.5) is 0 Å². The quantitative estimate of drug-likeness (QED) is 0.790. The number of hydrogen-bond donors (Lipinski definition) is 0. The van der Waals surface area contributed by atoms with Gasteiger partial charge in [-0.05, 0) is 19.9 Å². The first-order valence-corrected chi connectivity index (χ1v) is 4.84. The summed E-state index contributed by atoms with van der Waals surface area (Å²) >= 11 is 5.71. The number of ether oxygens (including phenoxy) is 1. The first-order chi connectivity index (χ1) is 7.04. The Balaban J connectivity index is 3.11. The van der Waals surface area contributed by atoms with Gasteiger partial charge in [0.25, 0.3) is 0 Å². The van der Waals surface area contributed by atoms with Gasteiger partial charge in [0.1, 0.15) is 11.6 Å².